The molecule has 1 aromatic rings. The molecule has 0 unspecified atom stereocenters. The quantitative estimate of drug-likeness (QED) is 0.472. The smallest absolute Gasteiger partial charge is 0.342 e. The van der Waals surface area contributed by atoms with Gasteiger partial charge in [-0.05, 0) is 18.8 Å². The van der Waals surface area contributed by atoms with Gasteiger partial charge < -0.3 is 9.84 Å². The molecule has 0 radical (unpaired) electrons. The Bertz CT molecular complexity index is 516. The van der Waals surface area contributed by atoms with Crippen molar-refractivity contribution in [3.63, 3.8) is 0 Å². The fourth-order valence-corrected chi connectivity index (χ4v) is 1.65. The molecule has 1 N–H and O–H groups in total. The molecule has 0 fully saturated rings. The number of carboxylic acids is 1. The molecule has 0 saturated heterocycles. The summed E-state index contributed by atoms with van der Waals surface area (Å²) in [6.45, 7) is 4.30. The van der Waals surface area contributed by atoms with Crippen LogP contribution in [0.4, 0.5) is 10.1 Å². The normalized spacial score (nSPS) is 10.6. The maximum Gasteiger partial charge on any atom is 0.342 e. The van der Waals surface area contributed by atoms with Gasteiger partial charge in [-0.3, -0.25) is 10.1 Å². The fourth-order valence-electron chi connectivity index (χ4n) is 1.65. The Hall–Kier alpha value is -2.18. The Morgan fingerprint density at radius 2 is 2.15 bits per heavy atom. The fraction of sp³-hybridized carbons (Fsp3) is 0.462. The zero-order chi connectivity index (χ0) is 15.3. The molecule has 0 aliphatic carbocycles. The summed E-state index contributed by atoms with van der Waals surface area (Å²) in [6.07, 6.45) is 1.58. The molecule has 0 heterocycles. The van der Waals surface area contributed by atoms with Crippen LogP contribution in [0.25, 0.3) is 0 Å². The van der Waals surface area contributed by atoms with Crippen molar-refractivity contribution in [3.05, 3.63) is 33.6 Å². The highest BCUT2D eigenvalue weighted by Gasteiger charge is 2.23. The van der Waals surface area contributed by atoms with Crippen LogP contribution in [0.15, 0.2) is 12.1 Å². The minimum absolute atomic E-state index is 0.228. The summed E-state index contributed by atoms with van der Waals surface area (Å²) in [5.41, 5.74) is -1.38. The second-order valence-electron chi connectivity index (χ2n) is 4.75. The van der Waals surface area contributed by atoms with Gasteiger partial charge in [0.15, 0.2) is 11.6 Å². The summed E-state index contributed by atoms with van der Waals surface area (Å²) in [6, 6.07) is 1.42. The van der Waals surface area contributed by atoms with E-state index in [4.69, 9.17) is 9.84 Å². The third-order valence-corrected chi connectivity index (χ3v) is 2.66. The number of ether oxygens (including phenoxy) is 1. The summed E-state index contributed by atoms with van der Waals surface area (Å²) in [5.74, 6) is -2.23. The zero-order valence-electron chi connectivity index (χ0n) is 11.3. The highest BCUT2D eigenvalue weighted by atomic mass is 19.1. The van der Waals surface area contributed by atoms with E-state index in [-0.39, 0.29) is 12.4 Å². The van der Waals surface area contributed by atoms with Crippen molar-refractivity contribution >= 4 is 11.7 Å². The van der Waals surface area contributed by atoms with Crippen LogP contribution in [0.1, 0.15) is 37.0 Å². The lowest BCUT2D eigenvalue weighted by Gasteiger charge is -2.09. The number of halogens is 1. The van der Waals surface area contributed by atoms with Crippen molar-refractivity contribution in [3.8, 4) is 5.75 Å². The molecule has 110 valence electrons. The number of nitro benzene ring substituents is 1. The van der Waals surface area contributed by atoms with Crippen LogP contribution in [0.5, 0.6) is 5.75 Å². The van der Waals surface area contributed by atoms with Gasteiger partial charge in [0.2, 0.25) is 0 Å². The van der Waals surface area contributed by atoms with Crippen LogP contribution in [0.2, 0.25) is 0 Å². The maximum absolute atomic E-state index is 13.6. The molecular formula is C13H16FNO5. The largest absolute Gasteiger partial charge is 0.490 e. The summed E-state index contributed by atoms with van der Waals surface area (Å²) in [5, 5.41) is 19.6. The molecule has 0 bridgehead atoms. The number of carbonyl (C=O) groups is 1. The van der Waals surface area contributed by atoms with Gasteiger partial charge in [-0.15, -0.1) is 0 Å². The summed E-state index contributed by atoms with van der Waals surface area (Å²) in [4.78, 5) is 20.7. The molecule has 0 amide bonds. The van der Waals surface area contributed by atoms with Crippen molar-refractivity contribution in [2.24, 2.45) is 5.92 Å². The number of aromatic carboxylic acids is 1. The van der Waals surface area contributed by atoms with Gasteiger partial charge in [0.1, 0.15) is 5.56 Å². The van der Waals surface area contributed by atoms with Crippen LogP contribution < -0.4 is 4.74 Å². The predicted molar refractivity (Wildman–Crippen MR) is 69.6 cm³/mol. The highest BCUT2D eigenvalue weighted by molar-refractivity contribution is 5.92. The van der Waals surface area contributed by atoms with E-state index in [1.807, 2.05) is 13.8 Å². The number of hydrogen-bond acceptors (Lipinski definition) is 4. The number of rotatable bonds is 7. The zero-order valence-corrected chi connectivity index (χ0v) is 11.3. The van der Waals surface area contributed by atoms with Crippen molar-refractivity contribution in [1.82, 2.24) is 0 Å². The lowest BCUT2D eigenvalue weighted by molar-refractivity contribution is -0.385. The molecule has 0 saturated carbocycles. The van der Waals surface area contributed by atoms with Crippen LogP contribution in [-0.2, 0) is 0 Å². The van der Waals surface area contributed by atoms with Gasteiger partial charge in [0, 0.05) is 6.07 Å². The number of nitro groups is 1. The standard InChI is InChI=1S/C13H16FNO5/c1-8(2)4-3-5-20-12-6-9(13(16)17)11(15(18)19)7-10(12)14/h6-8H,3-5H2,1-2H3,(H,16,17). The van der Waals surface area contributed by atoms with E-state index in [0.29, 0.717) is 18.4 Å². The molecule has 0 atom stereocenters. The van der Waals surface area contributed by atoms with Crippen molar-refractivity contribution in [2.75, 3.05) is 6.61 Å². The first kappa shape index (κ1) is 15.9. The van der Waals surface area contributed by atoms with E-state index in [2.05, 4.69) is 0 Å². The SMILES string of the molecule is CC(C)CCCOc1cc(C(=O)O)c([N+](=O)[O-])cc1F. The summed E-state index contributed by atoms with van der Waals surface area (Å²) < 4.78 is 18.8. The Morgan fingerprint density at radius 1 is 1.50 bits per heavy atom. The van der Waals surface area contributed by atoms with Gasteiger partial charge in [-0.25, -0.2) is 9.18 Å². The average Bonchev–Trinajstić information content (AvgIpc) is 2.34. The Morgan fingerprint density at radius 3 is 2.65 bits per heavy atom. The molecule has 1 rings (SSSR count). The average molecular weight is 285 g/mol. The van der Waals surface area contributed by atoms with Crippen molar-refractivity contribution < 1.29 is 24.0 Å². The monoisotopic (exact) mass is 285 g/mol. The van der Waals surface area contributed by atoms with Crippen LogP contribution in [-0.4, -0.2) is 22.6 Å². The van der Waals surface area contributed by atoms with Crippen LogP contribution >= 0.6 is 0 Å². The second-order valence-corrected chi connectivity index (χ2v) is 4.75. The van der Waals surface area contributed by atoms with Crippen molar-refractivity contribution in [2.45, 2.75) is 26.7 Å². The Kier molecular flexibility index (Phi) is 5.42. The minimum atomic E-state index is -1.50. The third-order valence-electron chi connectivity index (χ3n) is 2.66. The van der Waals surface area contributed by atoms with Crippen LogP contribution in [0.3, 0.4) is 0 Å². The van der Waals surface area contributed by atoms with Gasteiger partial charge in [-0.2, -0.15) is 0 Å². The number of hydrogen-bond donors (Lipinski definition) is 1. The first-order valence-corrected chi connectivity index (χ1v) is 6.17. The molecule has 20 heavy (non-hydrogen) atoms. The Labute approximate surface area is 115 Å². The topological polar surface area (TPSA) is 89.7 Å². The highest BCUT2D eigenvalue weighted by Crippen LogP contribution is 2.28. The third kappa shape index (κ3) is 4.18. The lowest BCUT2D eigenvalue weighted by Crippen LogP contribution is -2.06. The lowest BCUT2D eigenvalue weighted by atomic mass is 10.1. The van der Waals surface area contributed by atoms with Gasteiger partial charge >= 0.3 is 5.97 Å². The van der Waals surface area contributed by atoms with E-state index in [0.717, 1.165) is 12.5 Å². The van der Waals surface area contributed by atoms with Crippen molar-refractivity contribution in [1.29, 1.82) is 0 Å². The maximum atomic E-state index is 13.6. The van der Waals surface area contributed by atoms with E-state index >= 15 is 0 Å². The van der Waals surface area contributed by atoms with E-state index < -0.39 is 28.0 Å². The molecule has 0 aliphatic rings. The molecule has 0 aliphatic heterocycles. The van der Waals surface area contributed by atoms with Crippen LogP contribution in [0, 0.1) is 21.8 Å². The van der Waals surface area contributed by atoms with E-state index in [9.17, 15) is 19.3 Å². The molecule has 6 nitrogen and oxygen atoms in total. The first-order valence-electron chi connectivity index (χ1n) is 6.17. The first-order chi connectivity index (χ1) is 9.32. The van der Waals surface area contributed by atoms with E-state index in [1.54, 1.807) is 0 Å². The number of carboxylic acid groups (broad SMARTS) is 1. The van der Waals surface area contributed by atoms with Gasteiger partial charge in [0.05, 0.1) is 17.6 Å². The molecule has 0 spiro atoms. The van der Waals surface area contributed by atoms with E-state index in [1.165, 1.54) is 0 Å². The number of nitrogens with zero attached hydrogens (tertiary/aromatic N) is 1. The molecule has 7 heteroatoms. The summed E-state index contributed by atoms with van der Waals surface area (Å²) >= 11 is 0. The predicted octanol–water partition coefficient (Wildman–Crippen LogP) is 3.25. The van der Waals surface area contributed by atoms with Gasteiger partial charge in [-0.1, -0.05) is 13.8 Å². The Balaban J connectivity index is 2.90. The van der Waals surface area contributed by atoms with Gasteiger partial charge in [0.25, 0.3) is 5.69 Å². The molecule has 1 aromatic carbocycles. The molecule has 0 aromatic heterocycles. The molecular weight excluding hydrogens is 269 g/mol. The number of benzene rings is 1. The second kappa shape index (κ2) is 6.83. The minimum Gasteiger partial charge on any atom is -0.490 e. The summed E-state index contributed by atoms with van der Waals surface area (Å²) in [7, 11) is 0.